The van der Waals surface area contributed by atoms with E-state index in [2.05, 4.69) is 4.98 Å². The van der Waals surface area contributed by atoms with Crippen molar-refractivity contribution in [1.82, 2.24) is 4.98 Å². The van der Waals surface area contributed by atoms with Crippen LogP contribution in [-0.4, -0.2) is 12.1 Å². The SMILES string of the molecule is CC.COc1cnccc1C. The standard InChI is InChI=1S/C7H9NO.C2H6/c1-6-3-4-8-5-7(6)9-2;1-2/h3-5H,1-2H3;1-2H3. The van der Waals surface area contributed by atoms with E-state index in [1.54, 1.807) is 19.5 Å². The van der Waals surface area contributed by atoms with Gasteiger partial charge in [0.25, 0.3) is 0 Å². The maximum atomic E-state index is 4.98. The molecule has 0 aliphatic heterocycles. The van der Waals surface area contributed by atoms with Crippen LogP contribution in [0.25, 0.3) is 0 Å². The summed E-state index contributed by atoms with van der Waals surface area (Å²) in [6.45, 7) is 5.99. The van der Waals surface area contributed by atoms with E-state index in [1.165, 1.54) is 0 Å². The molecule has 0 saturated carbocycles. The fourth-order valence-electron chi connectivity index (χ4n) is 0.663. The highest BCUT2D eigenvalue weighted by Gasteiger charge is 1.92. The molecule has 0 saturated heterocycles. The van der Waals surface area contributed by atoms with Crippen LogP contribution >= 0.6 is 0 Å². The summed E-state index contributed by atoms with van der Waals surface area (Å²) in [5.41, 5.74) is 1.12. The molecule has 1 heterocycles. The topological polar surface area (TPSA) is 22.1 Å². The number of ether oxygens (including phenoxy) is 1. The monoisotopic (exact) mass is 153 g/mol. The molecule has 0 amide bonds. The number of aromatic nitrogens is 1. The Morgan fingerprint density at radius 2 is 2.00 bits per heavy atom. The van der Waals surface area contributed by atoms with Crippen LogP contribution in [0.2, 0.25) is 0 Å². The molecule has 0 spiro atoms. The van der Waals surface area contributed by atoms with Gasteiger partial charge in [-0.1, -0.05) is 13.8 Å². The molecular formula is C9H15NO. The van der Waals surface area contributed by atoms with E-state index < -0.39 is 0 Å². The van der Waals surface area contributed by atoms with E-state index in [0.717, 1.165) is 11.3 Å². The van der Waals surface area contributed by atoms with Crippen LogP contribution in [0.1, 0.15) is 19.4 Å². The Balaban J connectivity index is 0.000000461. The van der Waals surface area contributed by atoms with Crippen molar-refractivity contribution in [1.29, 1.82) is 0 Å². The Kier molecular flexibility index (Phi) is 5.17. The lowest BCUT2D eigenvalue weighted by Crippen LogP contribution is -1.86. The number of hydrogen-bond donors (Lipinski definition) is 0. The normalized spacial score (nSPS) is 8.00. The lowest BCUT2D eigenvalue weighted by Gasteiger charge is -1.99. The molecule has 0 aliphatic carbocycles. The molecule has 0 bridgehead atoms. The van der Waals surface area contributed by atoms with Gasteiger partial charge in [-0.05, 0) is 18.6 Å². The van der Waals surface area contributed by atoms with Crippen LogP contribution in [-0.2, 0) is 0 Å². The largest absolute Gasteiger partial charge is 0.495 e. The van der Waals surface area contributed by atoms with Crippen molar-refractivity contribution in [2.24, 2.45) is 0 Å². The zero-order valence-electron chi connectivity index (χ0n) is 7.59. The van der Waals surface area contributed by atoms with Gasteiger partial charge in [0.1, 0.15) is 5.75 Å². The molecule has 0 unspecified atom stereocenters. The molecule has 0 atom stereocenters. The van der Waals surface area contributed by atoms with Crippen LogP contribution in [0.5, 0.6) is 5.75 Å². The van der Waals surface area contributed by atoms with Crippen molar-refractivity contribution in [2.75, 3.05) is 7.11 Å². The van der Waals surface area contributed by atoms with Crippen molar-refractivity contribution in [2.45, 2.75) is 20.8 Å². The number of methoxy groups -OCH3 is 1. The van der Waals surface area contributed by atoms with Gasteiger partial charge in [-0.15, -0.1) is 0 Å². The molecule has 1 aromatic heterocycles. The maximum Gasteiger partial charge on any atom is 0.140 e. The summed E-state index contributed by atoms with van der Waals surface area (Å²) in [4.78, 5) is 3.89. The zero-order chi connectivity index (χ0) is 8.69. The van der Waals surface area contributed by atoms with Crippen molar-refractivity contribution in [3.63, 3.8) is 0 Å². The van der Waals surface area contributed by atoms with Gasteiger partial charge in [0.15, 0.2) is 0 Å². The molecule has 2 nitrogen and oxygen atoms in total. The van der Waals surface area contributed by atoms with Gasteiger partial charge >= 0.3 is 0 Å². The van der Waals surface area contributed by atoms with E-state index in [4.69, 9.17) is 4.74 Å². The van der Waals surface area contributed by atoms with Crippen LogP contribution in [0.4, 0.5) is 0 Å². The molecule has 0 aromatic carbocycles. The van der Waals surface area contributed by atoms with E-state index in [0.29, 0.717) is 0 Å². The van der Waals surface area contributed by atoms with E-state index in [9.17, 15) is 0 Å². The average Bonchev–Trinajstić information content (AvgIpc) is 2.09. The molecule has 62 valence electrons. The summed E-state index contributed by atoms with van der Waals surface area (Å²) < 4.78 is 4.98. The first-order valence-electron chi connectivity index (χ1n) is 3.79. The van der Waals surface area contributed by atoms with Crippen LogP contribution in [0.15, 0.2) is 18.5 Å². The van der Waals surface area contributed by atoms with Gasteiger partial charge in [-0.25, -0.2) is 0 Å². The van der Waals surface area contributed by atoms with Gasteiger partial charge in [0, 0.05) is 6.20 Å². The Morgan fingerprint density at radius 3 is 2.36 bits per heavy atom. The summed E-state index contributed by atoms with van der Waals surface area (Å²) in [6.07, 6.45) is 3.45. The minimum atomic E-state index is 0.845. The molecule has 0 aliphatic rings. The minimum absolute atomic E-state index is 0.845. The Labute approximate surface area is 68.2 Å². The van der Waals surface area contributed by atoms with Crippen LogP contribution < -0.4 is 4.74 Å². The minimum Gasteiger partial charge on any atom is -0.495 e. The summed E-state index contributed by atoms with van der Waals surface area (Å²) in [5.74, 6) is 0.845. The third-order valence-electron chi connectivity index (χ3n) is 1.21. The van der Waals surface area contributed by atoms with Crippen molar-refractivity contribution in [3.05, 3.63) is 24.0 Å². The molecule has 0 fully saturated rings. The third kappa shape index (κ3) is 3.03. The fourth-order valence-corrected chi connectivity index (χ4v) is 0.663. The highest BCUT2D eigenvalue weighted by Crippen LogP contribution is 2.12. The Hall–Kier alpha value is -1.05. The van der Waals surface area contributed by atoms with E-state index in [-0.39, 0.29) is 0 Å². The summed E-state index contributed by atoms with van der Waals surface area (Å²) in [6, 6.07) is 1.92. The van der Waals surface area contributed by atoms with Gasteiger partial charge in [-0.3, -0.25) is 4.98 Å². The molecule has 1 rings (SSSR count). The Morgan fingerprint density at radius 1 is 1.36 bits per heavy atom. The number of aryl methyl sites for hydroxylation is 1. The zero-order valence-corrected chi connectivity index (χ0v) is 7.59. The Bertz CT molecular complexity index is 199. The van der Waals surface area contributed by atoms with Crippen molar-refractivity contribution >= 4 is 0 Å². The molecule has 1 aromatic rings. The quantitative estimate of drug-likeness (QED) is 0.618. The number of nitrogens with zero attached hydrogens (tertiary/aromatic N) is 1. The van der Waals surface area contributed by atoms with Crippen LogP contribution in [0.3, 0.4) is 0 Å². The van der Waals surface area contributed by atoms with Gasteiger partial charge in [0.05, 0.1) is 13.3 Å². The van der Waals surface area contributed by atoms with Crippen molar-refractivity contribution in [3.8, 4) is 5.75 Å². The first-order valence-corrected chi connectivity index (χ1v) is 3.79. The average molecular weight is 153 g/mol. The molecule has 11 heavy (non-hydrogen) atoms. The summed E-state index contributed by atoms with van der Waals surface area (Å²) in [7, 11) is 1.64. The number of pyridine rings is 1. The van der Waals surface area contributed by atoms with E-state index in [1.807, 2.05) is 26.8 Å². The second-order valence-corrected chi connectivity index (χ2v) is 1.85. The van der Waals surface area contributed by atoms with Gasteiger partial charge in [0.2, 0.25) is 0 Å². The number of hydrogen-bond acceptors (Lipinski definition) is 2. The first-order chi connectivity index (χ1) is 5.34. The molecular weight excluding hydrogens is 138 g/mol. The predicted molar refractivity (Wildman–Crippen MR) is 46.9 cm³/mol. The highest BCUT2D eigenvalue weighted by molar-refractivity contribution is 5.27. The van der Waals surface area contributed by atoms with Gasteiger partial charge in [-0.2, -0.15) is 0 Å². The van der Waals surface area contributed by atoms with Crippen LogP contribution in [0, 0.1) is 6.92 Å². The van der Waals surface area contributed by atoms with E-state index >= 15 is 0 Å². The fraction of sp³-hybridized carbons (Fsp3) is 0.444. The lowest BCUT2D eigenvalue weighted by molar-refractivity contribution is 0.410. The molecule has 0 N–H and O–H groups in total. The second kappa shape index (κ2) is 5.71. The highest BCUT2D eigenvalue weighted by atomic mass is 16.5. The second-order valence-electron chi connectivity index (χ2n) is 1.85. The molecule has 2 heteroatoms. The predicted octanol–water partition coefficient (Wildman–Crippen LogP) is 2.42. The lowest BCUT2D eigenvalue weighted by atomic mass is 10.3. The smallest absolute Gasteiger partial charge is 0.140 e. The maximum absolute atomic E-state index is 4.98. The summed E-state index contributed by atoms with van der Waals surface area (Å²) in [5, 5.41) is 0. The summed E-state index contributed by atoms with van der Waals surface area (Å²) >= 11 is 0. The first kappa shape index (κ1) is 9.95. The van der Waals surface area contributed by atoms with Crippen molar-refractivity contribution < 1.29 is 4.74 Å². The van der Waals surface area contributed by atoms with Gasteiger partial charge < -0.3 is 4.74 Å². The molecule has 0 radical (unpaired) electrons. The third-order valence-corrected chi connectivity index (χ3v) is 1.21. The number of rotatable bonds is 1.